The van der Waals surface area contributed by atoms with Crippen molar-refractivity contribution in [3.05, 3.63) is 58.4 Å². The number of aromatic amines is 1. The minimum atomic E-state index is -1.20. The molecule has 20 heteroatoms. The van der Waals surface area contributed by atoms with Crippen molar-refractivity contribution in [2.75, 3.05) is 81.2 Å². The maximum atomic E-state index is 14.4. The maximum absolute atomic E-state index is 14.4. The number of anilines is 3. The van der Waals surface area contributed by atoms with E-state index in [0.29, 0.717) is 90.1 Å². The number of Topliss-reactive ketones (excluding diaryl/α,β-unsaturated/α-hetero) is 2. The second-order valence-corrected chi connectivity index (χ2v) is 20.0. The number of nitrogens with one attached hydrogen (secondary N) is 4. The molecule has 1 saturated heterocycles. The predicted octanol–water partition coefficient (Wildman–Crippen LogP) is 5.98. The molecule has 2 unspecified atom stereocenters. The van der Waals surface area contributed by atoms with Crippen LogP contribution in [0.2, 0.25) is 0 Å². The zero-order valence-corrected chi connectivity index (χ0v) is 44.4. The Hall–Kier alpha value is -5.80. The Morgan fingerprint density at radius 2 is 1.69 bits per heavy atom. The molecular formula is C51H73N9O10S. The summed E-state index contributed by atoms with van der Waals surface area (Å²) in [6.45, 7) is 28.7. The van der Waals surface area contributed by atoms with Crippen LogP contribution in [0, 0.1) is 13.8 Å². The normalized spacial score (nSPS) is 16.5. The van der Waals surface area contributed by atoms with Gasteiger partial charge < -0.3 is 49.7 Å². The van der Waals surface area contributed by atoms with Crippen LogP contribution in [-0.2, 0) is 38.2 Å². The Morgan fingerprint density at radius 1 is 1.00 bits per heavy atom. The first-order valence-corrected chi connectivity index (χ1v) is 25.0. The first-order valence-electron chi connectivity index (χ1n) is 24.3. The van der Waals surface area contributed by atoms with Crippen molar-refractivity contribution in [3.8, 4) is 5.88 Å². The molecule has 3 aromatic rings. The summed E-state index contributed by atoms with van der Waals surface area (Å²) >= 11 is 0.987. The van der Waals surface area contributed by atoms with Gasteiger partial charge in [-0.2, -0.15) is 4.37 Å². The molecule has 5 rings (SSSR count). The zero-order chi connectivity index (χ0) is 52.4. The fourth-order valence-corrected chi connectivity index (χ4v) is 9.28. The summed E-state index contributed by atoms with van der Waals surface area (Å²) in [5.41, 5.74) is 1.20. The van der Waals surface area contributed by atoms with Crippen LogP contribution in [0.3, 0.4) is 0 Å². The van der Waals surface area contributed by atoms with Gasteiger partial charge in [0.15, 0.2) is 11.6 Å². The number of ketones is 2. The topological polar surface area (TPSA) is 227 Å². The molecule has 0 saturated carbocycles. The standard InChI is InChI=1S/C51H73N9O10S/c1-14-51(13,44(64)33(6)70-50(11,12)34(7)61)60(49(8,9)10)29-36(30-68-48-45(56-71-57-48)59-23-25-67-26-24-59)69-42(63)20-19-41(62)54-35-17-18-39-37(27-35)38(46(65)55-39)28-40-31(4)43(32(5)53-40)47(66)52-21-22-58(15-2)16-3/h17-20,27-28,33,36,53H,14-16,21-26,29-30H2,1-13H3,(H,52,66)(H,54,62)(H,55,65)/b20-19-,38-28-/t33?,36-,51?/m0/s1. The number of H-pyrrole nitrogens is 1. The molecule has 1 fully saturated rings. The van der Waals surface area contributed by atoms with E-state index in [1.807, 2.05) is 58.3 Å². The molecule has 0 radical (unpaired) electrons. The third-order valence-corrected chi connectivity index (χ3v) is 13.7. The number of carbonyl (C=O) groups is 6. The summed E-state index contributed by atoms with van der Waals surface area (Å²) in [4.78, 5) is 89.8. The lowest BCUT2D eigenvalue weighted by Gasteiger charge is -2.49. The number of aryl methyl sites for hydroxylation is 1. The van der Waals surface area contributed by atoms with Gasteiger partial charge >= 0.3 is 5.97 Å². The van der Waals surface area contributed by atoms with Gasteiger partial charge in [0.25, 0.3) is 17.7 Å². The molecule has 71 heavy (non-hydrogen) atoms. The van der Waals surface area contributed by atoms with Crippen molar-refractivity contribution in [3.63, 3.8) is 0 Å². The lowest BCUT2D eigenvalue weighted by atomic mass is 9.83. The molecule has 0 spiro atoms. The highest BCUT2D eigenvalue weighted by Gasteiger charge is 2.47. The van der Waals surface area contributed by atoms with Crippen molar-refractivity contribution in [1.29, 1.82) is 0 Å². The number of esters is 1. The quantitative estimate of drug-likeness (QED) is 0.0598. The first kappa shape index (κ1) is 56.1. The molecule has 3 amide bonds. The lowest BCUT2D eigenvalue weighted by Crippen LogP contribution is -2.64. The summed E-state index contributed by atoms with van der Waals surface area (Å²) in [7, 11) is 0. The summed E-state index contributed by atoms with van der Waals surface area (Å²) in [5.74, 6) is -1.72. The number of fused-ring (bicyclic) bond motifs is 1. The first-order chi connectivity index (χ1) is 33.4. The SMILES string of the molecule is CCN(CC)CCNC(=O)c1c(C)[nH]c(/C=C2\C(=O)Nc3ccc(NC(=O)/C=C\C(=O)O[C@H](COc4nsnc4N4CCOCC4)CN(C(C)(C)C)C(C)(CC)C(=O)C(C)OC(C)(C)C(C)=O)cc32)c1C. The third kappa shape index (κ3) is 14.0. The fraction of sp³-hybridized carbons (Fsp3) is 0.569. The highest BCUT2D eigenvalue weighted by molar-refractivity contribution is 6.99. The number of benzene rings is 1. The van der Waals surface area contributed by atoms with Crippen molar-refractivity contribution < 1.29 is 47.7 Å². The highest BCUT2D eigenvalue weighted by atomic mass is 32.1. The monoisotopic (exact) mass is 1000 g/mol. The van der Waals surface area contributed by atoms with Crippen LogP contribution in [0.4, 0.5) is 17.2 Å². The van der Waals surface area contributed by atoms with Gasteiger partial charge in [-0.25, -0.2) is 4.79 Å². The van der Waals surface area contributed by atoms with Crippen LogP contribution in [0.5, 0.6) is 5.88 Å². The van der Waals surface area contributed by atoms with Crippen LogP contribution < -0.4 is 25.6 Å². The summed E-state index contributed by atoms with van der Waals surface area (Å²) in [6, 6.07) is 4.95. The number of amides is 3. The van der Waals surface area contributed by atoms with E-state index in [1.54, 1.807) is 45.0 Å². The largest absolute Gasteiger partial charge is 0.470 e. The molecule has 3 atom stereocenters. The number of likely N-dealkylation sites (N-methyl/N-ethyl adjacent to an activating group) is 1. The number of carbonyl (C=O) groups excluding carboxylic acids is 6. The summed E-state index contributed by atoms with van der Waals surface area (Å²) in [6.07, 6.45) is 2.13. The highest BCUT2D eigenvalue weighted by Crippen LogP contribution is 2.37. The smallest absolute Gasteiger partial charge is 0.331 e. The van der Waals surface area contributed by atoms with E-state index in [4.69, 9.17) is 18.9 Å². The number of morpholine rings is 1. The molecule has 4 N–H and O–H groups in total. The van der Waals surface area contributed by atoms with Crippen LogP contribution in [-0.4, -0.2) is 153 Å². The van der Waals surface area contributed by atoms with Crippen LogP contribution >= 0.6 is 11.7 Å². The van der Waals surface area contributed by atoms with Gasteiger partial charge in [-0.1, -0.05) is 20.8 Å². The molecule has 2 aliphatic heterocycles. The van der Waals surface area contributed by atoms with Crippen molar-refractivity contribution in [2.45, 2.75) is 125 Å². The molecule has 0 aliphatic carbocycles. The molecule has 1 aromatic carbocycles. The number of ether oxygens (including phenoxy) is 4. The molecule has 2 aliphatic rings. The molecule has 0 bridgehead atoms. The van der Waals surface area contributed by atoms with Crippen LogP contribution in [0.1, 0.15) is 115 Å². The Balaban J connectivity index is 1.34. The Kier molecular flexibility index (Phi) is 19.0. The Bertz CT molecular complexity index is 2480. The summed E-state index contributed by atoms with van der Waals surface area (Å²) < 4.78 is 32.7. The molecule has 388 valence electrons. The molecule has 19 nitrogen and oxygen atoms in total. The van der Waals surface area contributed by atoms with Gasteiger partial charge in [0.2, 0.25) is 11.7 Å². The van der Waals surface area contributed by atoms with Crippen molar-refractivity contribution >= 4 is 75.8 Å². The van der Waals surface area contributed by atoms with E-state index in [-0.39, 0.29) is 42.4 Å². The average Bonchev–Trinajstić information content (AvgIpc) is 4.00. The number of aromatic nitrogens is 3. The molecule has 4 heterocycles. The molecule has 2 aromatic heterocycles. The second kappa shape index (κ2) is 24.1. The van der Waals surface area contributed by atoms with E-state index in [0.717, 1.165) is 43.5 Å². The summed E-state index contributed by atoms with van der Waals surface area (Å²) in [5, 5.41) is 8.63. The number of nitrogens with zero attached hydrogens (tertiary/aromatic N) is 5. The molecular weight excluding hydrogens is 931 g/mol. The van der Waals surface area contributed by atoms with Crippen molar-refractivity contribution in [2.24, 2.45) is 0 Å². The van der Waals surface area contributed by atoms with E-state index < -0.39 is 40.8 Å². The van der Waals surface area contributed by atoms with Gasteiger partial charge in [0, 0.05) is 78.7 Å². The van der Waals surface area contributed by atoms with Gasteiger partial charge in [0.1, 0.15) is 24.4 Å². The van der Waals surface area contributed by atoms with Crippen molar-refractivity contribution in [1.82, 2.24) is 28.8 Å². The van der Waals surface area contributed by atoms with E-state index >= 15 is 0 Å². The second-order valence-electron chi connectivity index (χ2n) is 19.5. The van der Waals surface area contributed by atoms with Gasteiger partial charge in [-0.15, -0.1) is 4.37 Å². The third-order valence-electron chi connectivity index (χ3n) is 13.2. The number of hydrogen-bond acceptors (Lipinski definition) is 16. The van der Waals surface area contributed by atoms with Gasteiger partial charge in [0.05, 0.1) is 41.6 Å². The lowest BCUT2D eigenvalue weighted by molar-refractivity contribution is -0.164. The minimum Gasteiger partial charge on any atom is -0.470 e. The predicted molar refractivity (Wildman–Crippen MR) is 275 cm³/mol. The van der Waals surface area contributed by atoms with E-state index in [9.17, 15) is 28.8 Å². The maximum Gasteiger partial charge on any atom is 0.331 e. The fourth-order valence-electron chi connectivity index (χ4n) is 8.76. The average molecular weight is 1000 g/mol. The van der Waals surface area contributed by atoms with Crippen LogP contribution in [0.25, 0.3) is 11.6 Å². The van der Waals surface area contributed by atoms with Gasteiger partial charge in [-0.3, -0.25) is 28.9 Å². The van der Waals surface area contributed by atoms with Crippen LogP contribution in [0.15, 0.2) is 30.4 Å². The minimum absolute atomic E-state index is 0.0173. The number of hydrogen-bond donors (Lipinski definition) is 4. The Morgan fingerprint density at radius 3 is 2.32 bits per heavy atom. The zero-order valence-electron chi connectivity index (χ0n) is 43.6. The van der Waals surface area contributed by atoms with Gasteiger partial charge in [-0.05, 0) is 119 Å². The van der Waals surface area contributed by atoms with E-state index in [1.165, 1.54) is 6.92 Å². The van der Waals surface area contributed by atoms with E-state index in [2.05, 4.69) is 48.4 Å². The number of rotatable bonds is 24. The Labute approximate surface area is 421 Å².